The molecule has 0 aromatic carbocycles. The summed E-state index contributed by atoms with van der Waals surface area (Å²) < 4.78 is 11.2. The van der Waals surface area contributed by atoms with Crippen LogP contribution in [0, 0.1) is 0 Å². The van der Waals surface area contributed by atoms with Crippen molar-refractivity contribution in [3.05, 3.63) is 0 Å². The van der Waals surface area contributed by atoms with Gasteiger partial charge in [0, 0.05) is 13.0 Å². The standard InChI is InChI=1S/C9H18O3/c1-4-9(5-6-10)7-11-8(2,3)12-9/h10H,4-7H2,1-3H3. The van der Waals surface area contributed by atoms with E-state index in [2.05, 4.69) is 6.92 Å². The molecule has 0 amide bonds. The molecule has 1 atom stereocenters. The molecule has 1 rings (SSSR count). The maximum absolute atomic E-state index is 8.86. The summed E-state index contributed by atoms with van der Waals surface area (Å²) in [7, 11) is 0. The maximum atomic E-state index is 8.86. The van der Waals surface area contributed by atoms with E-state index in [1.165, 1.54) is 0 Å². The fourth-order valence-corrected chi connectivity index (χ4v) is 1.56. The Bertz CT molecular complexity index is 156. The number of aliphatic hydroxyl groups is 1. The van der Waals surface area contributed by atoms with Gasteiger partial charge in [-0.2, -0.15) is 0 Å². The normalized spacial score (nSPS) is 34.0. The van der Waals surface area contributed by atoms with Gasteiger partial charge in [0.25, 0.3) is 0 Å². The number of rotatable bonds is 3. The molecular weight excluding hydrogens is 156 g/mol. The molecule has 0 bridgehead atoms. The van der Waals surface area contributed by atoms with E-state index >= 15 is 0 Å². The Labute approximate surface area is 73.7 Å². The average molecular weight is 174 g/mol. The van der Waals surface area contributed by atoms with Gasteiger partial charge in [0.1, 0.15) is 0 Å². The van der Waals surface area contributed by atoms with Crippen molar-refractivity contribution in [2.45, 2.75) is 45.0 Å². The Balaban J connectivity index is 2.59. The lowest BCUT2D eigenvalue weighted by Gasteiger charge is -2.27. The van der Waals surface area contributed by atoms with Crippen molar-refractivity contribution >= 4 is 0 Å². The van der Waals surface area contributed by atoms with Gasteiger partial charge in [0.05, 0.1) is 12.2 Å². The third-order valence-corrected chi connectivity index (χ3v) is 2.36. The van der Waals surface area contributed by atoms with E-state index < -0.39 is 5.79 Å². The fraction of sp³-hybridized carbons (Fsp3) is 1.00. The van der Waals surface area contributed by atoms with Crippen molar-refractivity contribution in [1.29, 1.82) is 0 Å². The third-order valence-electron chi connectivity index (χ3n) is 2.36. The van der Waals surface area contributed by atoms with Crippen LogP contribution in [0.1, 0.15) is 33.6 Å². The molecule has 3 nitrogen and oxygen atoms in total. The molecule has 1 fully saturated rings. The summed E-state index contributed by atoms with van der Waals surface area (Å²) in [6, 6.07) is 0. The van der Waals surface area contributed by atoms with Crippen molar-refractivity contribution in [3.63, 3.8) is 0 Å². The summed E-state index contributed by atoms with van der Waals surface area (Å²) in [5.74, 6) is -0.481. The summed E-state index contributed by atoms with van der Waals surface area (Å²) in [6.45, 7) is 6.62. The lowest BCUT2D eigenvalue weighted by atomic mass is 9.98. The predicted octanol–water partition coefficient (Wildman–Crippen LogP) is 1.30. The van der Waals surface area contributed by atoms with Gasteiger partial charge in [-0.25, -0.2) is 0 Å². The van der Waals surface area contributed by atoms with Crippen molar-refractivity contribution in [1.82, 2.24) is 0 Å². The van der Waals surface area contributed by atoms with Gasteiger partial charge in [-0.1, -0.05) is 6.92 Å². The molecule has 0 aliphatic carbocycles. The number of aliphatic hydroxyl groups excluding tert-OH is 1. The van der Waals surface area contributed by atoms with Gasteiger partial charge in [-0.05, 0) is 20.3 Å². The van der Waals surface area contributed by atoms with Gasteiger partial charge in [0.15, 0.2) is 5.79 Å². The van der Waals surface area contributed by atoms with Gasteiger partial charge >= 0.3 is 0 Å². The highest BCUT2D eigenvalue weighted by Crippen LogP contribution is 2.35. The Morgan fingerprint density at radius 1 is 1.42 bits per heavy atom. The highest BCUT2D eigenvalue weighted by Gasteiger charge is 2.43. The average Bonchev–Trinajstić information content (AvgIpc) is 2.29. The van der Waals surface area contributed by atoms with Crippen LogP contribution in [-0.2, 0) is 9.47 Å². The van der Waals surface area contributed by atoms with Crippen LogP contribution in [0.25, 0.3) is 0 Å². The molecule has 3 heteroatoms. The Kier molecular flexibility index (Phi) is 2.76. The molecule has 1 aliphatic heterocycles. The van der Waals surface area contributed by atoms with E-state index in [1.54, 1.807) is 0 Å². The highest BCUT2D eigenvalue weighted by atomic mass is 16.8. The van der Waals surface area contributed by atoms with Crippen LogP contribution in [-0.4, -0.2) is 29.7 Å². The molecule has 1 N–H and O–H groups in total. The molecule has 1 heterocycles. The van der Waals surface area contributed by atoms with Gasteiger partial charge < -0.3 is 14.6 Å². The Morgan fingerprint density at radius 2 is 2.08 bits per heavy atom. The Hall–Kier alpha value is -0.120. The van der Waals surface area contributed by atoms with E-state index in [4.69, 9.17) is 14.6 Å². The molecular formula is C9H18O3. The van der Waals surface area contributed by atoms with E-state index in [0.29, 0.717) is 13.0 Å². The van der Waals surface area contributed by atoms with Crippen molar-refractivity contribution in [3.8, 4) is 0 Å². The monoisotopic (exact) mass is 174 g/mol. The van der Waals surface area contributed by atoms with Gasteiger partial charge in [-0.15, -0.1) is 0 Å². The largest absolute Gasteiger partial charge is 0.396 e. The number of hydrogen-bond donors (Lipinski definition) is 1. The summed E-state index contributed by atoms with van der Waals surface area (Å²) >= 11 is 0. The van der Waals surface area contributed by atoms with Crippen molar-refractivity contribution in [2.75, 3.05) is 13.2 Å². The van der Waals surface area contributed by atoms with E-state index in [9.17, 15) is 0 Å². The van der Waals surface area contributed by atoms with Crippen LogP contribution in [0.15, 0.2) is 0 Å². The summed E-state index contributed by atoms with van der Waals surface area (Å²) in [6.07, 6.45) is 1.55. The zero-order valence-electron chi connectivity index (χ0n) is 8.09. The quantitative estimate of drug-likeness (QED) is 0.701. The first kappa shape index (κ1) is 9.96. The summed E-state index contributed by atoms with van der Waals surface area (Å²) in [5, 5.41) is 8.86. The molecule has 0 spiro atoms. The molecule has 0 saturated carbocycles. The molecule has 12 heavy (non-hydrogen) atoms. The van der Waals surface area contributed by atoms with Crippen molar-refractivity contribution < 1.29 is 14.6 Å². The molecule has 0 aromatic heterocycles. The van der Waals surface area contributed by atoms with Crippen LogP contribution in [0.5, 0.6) is 0 Å². The minimum Gasteiger partial charge on any atom is -0.396 e. The van der Waals surface area contributed by atoms with E-state index in [1.807, 2.05) is 13.8 Å². The summed E-state index contributed by atoms with van der Waals surface area (Å²) in [4.78, 5) is 0. The molecule has 1 aliphatic rings. The first-order valence-corrected chi connectivity index (χ1v) is 4.49. The second-order valence-electron chi connectivity index (χ2n) is 3.80. The van der Waals surface area contributed by atoms with Crippen LogP contribution in [0.4, 0.5) is 0 Å². The lowest BCUT2D eigenvalue weighted by Crippen LogP contribution is -2.34. The highest BCUT2D eigenvalue weighted by molar-refractivity contribution is 4.86. The van der Waals surface area contributed by atoms with E-state index in [0.717, 1.165) is 6.42 Å². The third kappa shape index (κ3) is 1.97. The van der Waals surface area contributed by atoms with Gasteiger partial charge in [-0.3, -0.25) is 0 Å². The minimum atomic E-state index is -0.481. The van der Waals surface area contributed by atoms with Crippen LogP contribution < -0.4 is 0 Å². The fourth-order valence-electron chi connectivity index (χ4n) is 1.56. The lowest BCUT2D eigenvalue weighted by molar-refractivity contribution is -0.164. The van der Waals surface area contributed by atoms with E-state index in [-0.39, 0.29) is 12.2 Å². The van der Waals surface area contributed by atoms with Crippen molar-refractivity contribution in [2.24, 2.45) is 0 Å². The molecule has 0 aromatic rings. The number of hydrogen-bond acceptors (Lipinski definition) is 3. The van der Waals surface area contributed by atoms with Crippen LogP contribution in [0.3, 0.4) is 0 Å². The molecule has 1 saturated heterocycles. The zero-order valence-corrected chi connectivity index (χ0v) is 8.09. The first-order chi connectivity index (χ1) is 5.54. The minimum absolute atomic E-state index is 0.160. The topological polar surface area (TPSA) is 38.7 Å². The predicted molar refractivity (Wildman–Crippen MR) is 45.8 cm³/mol. The maximum Gasteiger partial charge on any atom is 0.163 e. The second kappa shape index (κ2) is 3.32. The smallest absolute Gasteiger partial charge is 0.163 e. The van der Waals surface area contributed by atoms with Crippen LogP contribution in [0.2, 0.25) is 0 Å². The number of ether oxygens (including phenoxy) is 2. The Morgan fingerprint density at radius 3 is 2.42 bits per heavy atom. The summed E-state index contributed by atoms with van der Waals surface area (Å²) in [5.41, 5.74) is -0.252. The molecule has 1 unspecified atom stereocenters. The molecule has 72 valence electrons. The van der Waals surface area contributed by atoms with Crippen LogP contribution >= 0.6 is 0 Å². The zero-order chi connectivity index (χ0) is 9.24. The first-order valence-electron chi connectivity index (χ1n) is 4.49. The second-order valence-corrected chi connectivity index (χ2v) is 3.80. The van der Waals surface area contributed by atoms with Gasteiger partial charge in [0.2, 0.25) is 0 Å². The molecule has 0 radical (unpaired) electrons. The SMILES string of the molecule is CCC1(CCO)COC(C)(C)O1.